The minimum absolute atomic E-state index is 0.277. The van der Waals surface area contributed by atoms with Gasteiger partial charge in [0.2, 0.25) is 0 Å². The van der Waals surface area contributed by atoms with Crippen molar-refractivity contribution in [3.05, 3.63) is 58.9 Å². The zero-order valence-electron chi connectivity index (χ0n) is 13.7. The molecule has 0 saturated carbocycles. The van der Waals surface area contributed by atoms with Crippen LogP contribution in [0, 0.1) is 0 Å². The van der Waals surface area contributed by atoms with E-state index in [9.17, 15) is 0 Å². The number of pyridine rings is 1. The summed E-state index contributed by atoms with van der Waals surface area (Å²) in [5, 5.41) is 1.55. The van der Waals surface area contributed by atoms with Crippen LogP contribution in [0.3, 0.4) is 0 Å². The highest BCUT2D eigenvalue weighted by Crippen LogP contribution is 2.27. The first-order valence-corrected chi connectivity index (χ1v) is 9.77. The summed E-state index contributed by atoms with van der Waals surface area (Å²) < 4.78 is 8.17. The Morgan fingerprint density at radius 2 is 1.96 bits per heavy atom. The molecule has 0 N–H and O–H groups in total. The molecule has 0 aliphatic heterocycles. The van der Waals surface area contributed by atoms with Crippen LogP contribution in [0.4, 0.5) is 0 Å². The monoisotopic (exact) mass is 472 g/mol. The van der Waals surface area contributed by atoms with Crippen LogP contribution in [0.25, 0.3) is 11.0 Å². The van der Waals surface area contributed by atoms with Crippen molar-refractivity contribution in [1.82, 2.24) is 9.55 Å². The lowest BCUT2D eigenvalue weighted by Crippen LogP contribution is -2.01. The molecule has 0 spiro atoms. The maximum atomic E-state index is 6.49. The average Bonchev–Trinajstić information content (AvgIpc) is 3.03. The number of alkyl halides is 1. The van der Waals surface area contributed by atoms with E-state index < -0.39 is 0 Å². The van der Waals surface area contributed by atoms with Crippen molar-refractivity contribution >= 4 is 45.2 Å². The van der Waals surface area contributed by atoms with Gasteiger partial charge in [-0.25, -0.2) is 14.8 Å². The lowest BCUT2D eigenvalue weighted by molar-refractivity contribution is -0.300. The minimum atomic E-state index is 0.277. The van der Waals surface area contributed by atoms with Crippen LogP contribution in [0.5, 0.6) is 5.75 Å². The summed E-state index contributed by atoms with van der Waals surface area (Å²) in [7, 11) is 0. The third-order valence-corrected chi connectivity index (χ3v) is 4.47. The Hall–Kier alpha value is -1.35. The minimum Gasteiger partial charge on any atom is -0.483 e. The van der Waals surface area contributed by atoms with Gasteiger partial charge in [-0.15, -0.1) is 0 Å². The first kappa shape index (κ1) is 18.4. The maximum Gasteiger partial charge on any atom is 0.141 e. The molecule has 0 bridgehead atoms. The summed E-state index contributed by atoms with van der Waals surface area (Å²) in [6, 6.07) is 10.0. The van der Waals surface area contributed by atoms with Crippen LogP contribution in [0.2, 0.25) is 5.02 Å². The van der Waals surface area contributed by atoms with Crippen LogP contribution in [-0.2, 0) is 22.9 Å². The molecular weight excluding hydrogens is 455 g/mol. The second-order valence-electron chi connectivity index (χ2n) is 5.34. The number of nitrogens with zero attached hydrogens (tertiary/aromatic N) is 2. The van der Waals surface area contributed by atoms with E-state index in [1.54, 1.807) is 6.20 Å². The third kappa shape index (κ3) is 4.44. The van der Waals surface area contributed by atoms with Gasteiger partial charge in [-0.3, -0.25) is 0 Å². The van der Waals surface area contributed by atoms with Crippen molar-refractivity contribution in [3.8, 4) is 5.75 Å². The number of rotatable bonds is 8. The van der Waals surface area contributed by atoms with Gasteiger partial charge >= 0.3 is 0 Å². The number of ether oxygens (including phenoxy) is 1. The molecule has 5 nitrogen and oxygen atoms in total. The van der Waals surface area contributed by atoms with Crippen molar-refractivity contribution in [3.63, 3.8) is 0 Å². The van der Waals surface area contributed by atoms with E-state index >= 15 is 0 Å². The molecule has 0 saturated heterocycles. The Kier molecular flexibility index (Phi) is 6.52. The largest absolute Gasteiger partial charge is 0.483 e. The predicted molar refractivity (Wildman–Crippen MR) is 106 cm³/mol. The van der Waals surface area contributed by atoms with Crippen molar-refractivity contribution in [2.75, 3.05) is 11.2 Å². The van der Waals surface area contributed by atoms with Crippen molar-refractivity contribution in [1.29, 1.82) is 0 Å². The fourth-order valence-corrected chi connectivity index (χ4v) is 3.13. The van der Waals surface area contributed by atoms with Gasteiger partial charge in [0.1, 0.15) is 22.6 Å². The Bertz CT molecular complexity index is 836. The molecule has 0 atom stereocenters. The summed E-state index contributed by atoms with van der Waals surface area (Å²) in [5.41, 5.74) is 2.82. The van der Waals surface area contributed by atoms with E-state index in [0.717, 1.165) is 22.3 Å². The molecule has 7 heteroatoms. The topological polar surface area (TPSA) is 45.5 Å². The number of fused-ring (bicyclic) bond motifs is 1. The quantitative estimate of drug-likeness (QED) is 0.153. The van der Waals surface area contributed by atoms with E-state index in [4.69, 9.17) is 26.1 Å². The standard InChI is InChI=1S/C18H18ClIN2O3/c1-2-24-25-11-14-9-21-18-16(17(14)19)7-8-22(18)10-13-3-5-15(6-4-13)23-12-20/h3-9H,2,10-12H2,1H3. The van der Waals surface area contributed by atoms with Crippen molar-refractivity contribution < 1.29 is 14.5 Å². The SMILES string of the molecule is CCOOCc1cnc2c(ccn2Cc2ccc(OCI)cc2)c1Cl. The lowest BCUT2D eigenvalue weighted by atomic mass is 10.2. The highest BCUT2D eigenvalue weighted by atomic mass is 127. The summed E-state index contributed by atoms with van der Waals surface area (Å²) in [4.78, 5) is 14.5. The molecule has 2 aromatic heterocycles. The predicted octanol–water partition coefficient (Wildman–Crippen LogP) is 4.98. The second kappa shape index (κ2) is 8.84. The van der Waals surface area contributed by atoms with Gasteiger partial charge in [0.15, 0.2) is 0 Å². The van der Waals surface area contributed by atoms with E-state index in [2.05, 4.69) is 44.3 Å². The van der Waals surface area contributed by atoms with Crippen LogP contribution in [-0.4, -0.2) is 20.8 Å². The number of benzene rings is 1. The second-order valence-corrected chi connectivity index (χ2v) is 6.35. The van der Waals surface area contributed by atoms with E-state index in [0.29, 0.717) is 22.8 Å². The van der Waals surface area contributed by atoms with Crippen LogP contribution in [0.15, 0.2) is 42.7 Å². The van der Waals surface area contributed by atoms with Crippen LogP contribution in [0.1, 0.15) is 18.1 Å². The molecule has 3 rings (SSSR count). The van der Waals surface area contributed by atoms with E-state index in [1.165, 1.54) is 5.56 Å². The van der Waals surface area contributed by atoms with Crippen molar-refractivity contribution in [2.45, 2.75) is 20.1 Å². The molecule has 0 fully saturated rings. The van der Waals surface area contributed by atoms with Gasteiger partial charge in [-0.1, -0.05) is 23.7 Å². The average molecular weight is 473 g/mol. The summed E-state index contributed by atoms with van der Waals surface area (Å²) in [5.74, 6) is 0.871. The molecule has 1 aromatic carbocycles. The third-order valence-electron chi connectivity index (χ3n) is 3.71. The molecule has 0 aliphatic rings. The van der Waals surface area contributed by atoms with Crippen LogP contribution < -0.4 is 4.74 Å². The molecule has 132 valence electrons. The van der Waals surface area contributed by atoms with Gasteiger partial charge in [0.05, 0.1) is 11.6 Å². The van der Waals surface area contributed by atoms with E-state index in [-0.39, 0.29) is 6.61 Å². The first-order valence-electron chi connectivity index (χ1n) is 7.87. The van der Waals surface area contributed by atoms with E-state index in [1.807, 2.05) is 31.3 Å². The highest BCUT2D eigenvalue weighted by molar-refractivity contribution is 14.1. The molecule has 0 radical (unpaired) electrons. The zero-order chi connectivity index (χ0) is 17.6. The fourth-order valence-electron chi connectivity index (χ4n) is 2.52. The molecule has 25 heavy (non-hydrogen) atoms. The smallest absolute Gasteiger partial charge is 0.141 e. The zero-order valence-corrected chi connectivity index (χ0v) is 16.7. The maximum absolute atomic E-state index is 6.49. The Morgan fingerprint density at radius 3 is 2.68 bits per heavy atom. The summed E-state index contributed by atoms with van der Waals surface area (Å²) in [6.07, 6.45) is 3.73. The molecule has 3 aromatic rings. The molecular formula is C18H18ClIN2O3. The van der Waals surface area contributed by atoms with Gasteiger partial charge in [-0.2, -0.15) is 0 Å². The number of aromatic nitrogens is 2. The van der Waals surface area contributed by atoms with Gasteiger partial charge in [0.25, 0.3) is 0 Å². The summed E-state index contributed by atoms with van der Waals surface area (Å²) >= 11 is 8.67. The Morgan fingerprint density at radius 1 is 1.16 bits per heavy atom. The highest BCUT2D eigenvalue weighted by Gasteiger charge is 2.11. The van der Waals surface area contributed by atoms with Gasteiger partial charge in [-0.05, 0) is 53.3 Å². The number of hydrogen-bond donors (Lipinski definition) is 0. The Labute approximate surface area is 164 Å². The molecule has 2 heterocycles. The van der Waals surface area contributed by atoms with Gasteiger partial charge < -0.3 is 9.30 Å². The number of hydrogen-bond acceptors (Lipinski definition) is 4. The normalized spacial score (nSPS) is 11.2. The van der Waals surface area contributed by atoms with Crippen LogP contribution >= 0.6 is 34.2 Å². The fraction of sp³-hybridized carbons (Fsp3) is 0.278. The van der Waals surface area contributed by atoms with Crippen molar-refractivity contribution in [2.24, 2.45) is 0 Å². The molecule has 0 unspecified atom stereocenters. The number of halogens is 2. The lowest BCUT2D eigenvalue weighted by Gasteiger charge is -2.09. The van der Waals surface area contributed by atoms with Gasteiger partial charge in [0, 0.05) is 29.9 Å². The summed E-state index contributed by atoms with van der Waals surface area (Å²) in [6.45, 7) is 3.35. The first-order chi connectivity index (χ1) is 12.2. The molecule has 0 aliphatic carbocycles. The Balaban J connectivity index is 1.79. The molecule has 0 amide bonds.